The molecule has 0 aliphatic heterocycles. The zero-order chi connectivity index (χ0) is 13.5. The SMILES string of the molecule is CC1(n2nnnc2-c2ccc(F)c(N)c2)CCCC1. The van der Waals surface area contributed by atoms with E-state index in [2.05, 4.69) is 22.4 Å². The van der Waals surface area contributed by atoms with Crippen LogP contribution in [0.15, 0.2) is 18.2 Å². The number of anilines is 1. The first-order chi connectivity index (χ1) is 9.10. The van der Waals surface area contributed by atoms with Crippen molar-refractivity contribution in [2.75, 3.05) is 5.73 Å². The molecule has 19 heavy (non-hydrogen) atoms. The Morgan fingerprint density at radius 2 is 2.05 bits per heavy atom. The smallest absolute Gasteiger partial charge is 0.182 e. The van der Waals surface area contributed by atoms with Crippen LogP contribution in [0.2, 0.25) is 0 Å². The van der Waals surface area contributed by atoms with Crippen LogP contribution in [-0.2, 0) is 5.54 Å². The summed E-state index contributed by atoms with van der Waals surface area (Å²) in [4.78, 5) is 0. The summed E-state index contributed by atoms with van der Waals surface area (Å²) < 4.78 is 15.1. The van der Waals surface area contributed by atoms with E-state index in [-0.39, 0.29) is 11.2 Å². The molecular weight excluding hydrogens is 245 g/mol. The molecule has 0 bridgehead atoms. The van der Waals surface area contributed by atoms with Crippen molar-refractivity contribution in [2.24, 2.45) is 0 Å². The fraction of sp³-hybridized carbons (Fsp3) is 0.462. The van der Waals surface area contributed by atoms with Gasteiger partial charge in [-0.2, -0.15) is 0 Å². The van der Waals surface area contributed by atoms with Gasteiger partial charge in [0.2, 0.25) is 0 Å². The molecule has 1 aromatic heterocycles. The highest BCUT2D eigenvalue weighted by atomic mass is 19.1. The van der Waals surface area contributed by atoms with E-state index in [1.165, 1.54) is 18.9 Å². The molecule has 1 heterocycles. The summed E-state index contributed by atoms with van der Waals surface area (Å²) in [6.07, 6.45) is 4.48. The van der Waals surface area contributed by atoms with Crippen LogP contribution in [0.25, 0.3) is 11.4 Å². The lowest BCUT2D eigenvalue weighted by Crippen LogP contribution is -2.28. The molecule has 0 spiro atoms. The van der Waals surface area contributed by atoms with Gasteiger partial charge in [0.15, 0.2) is 5.82 Å². The highest BCUT2D eigenvalue weighted by molar-refractivity contribution is 5.61. The standard InChI is InChI=1S/C13H16FN5/c1-13(6-2-3-7-13)19-12(16-17-18-19)9-4-5-10(14)11(15)8-9/h4-5,8H,2-3,6-7,15H2,1H3. The number of nitrogens with zero attached hydrogens (tertiary/aromatic N) is 4. The lowest BCUT2D eigenvalue weighted by atomic mass is 10.0. The molecular formula is C13H16FN5. The minimum Gasteiger partial charge on any atom is -0.396 e. The molecule has 0 radical (unpaired) electrons. The van der Waals surface area contributed by atoms with Crippen LogP contribution in [0, 0.1) is 5.82 Å². The van der Waals surface area contributed by atoms with Crippen molar-refractivity contribution in [1.29, 1.82) is 0 Å². The lowest BCUT2D eigenvalue weighted by Gasteiger charge is -2.24. The van der Waals surface area contributed by atoms with E-state index < -0.39 is 5.82 Å². The van der Waals surface area contributed by atoms with Gasteiger partial charge >= 0.3 is 0 Å². The number of rotatable bonds is 2. The highest BCUT2D eigenvalue weighted by Gasteiger charge is 2.34. The Morgan fingerprint density at radius 1 is 1.32 bits per heavy atom. The fourth-order valence-electron chi connectivity index (χ4n) is 2.76. The van der Waals surface area contributed by atoms with Crippen molar-refractivity contribution in [3.8, 4) is 11.4 Å². The molecule has 0 atom stereocenters. The zero-order valence-corrected chi connectivity index (χ0v) is 10.8. The van der Waals surface area contributed by atoms with Gasteiger partial charge in [-0.1, -0.05) is 12.8 Å². The number of nitrogen functional groups attached to an aromatic ring is 1. The Labute approximate surface area is 110 Å². The van der Waals surface area contributed by atoms with E-state index in [9.17, 15) is 4.39 Å². The van der Waals surface area contributed by atoms with E-state index in [1.54, 1.807) is 12.1 Å². The summed E-state index contributed by atoms with van der Waals surface area (Å²) in [5, 5.41) is 12.0. The third-order valence-electron chi connectivity index (χ3n) is 3.92. The largest absolute Gasteiger partial charge is 0.396 e. The van der Waals surface area contributed by atoms with Crippen LogP contribution < -0.4 is 5.73 Å². The van der Waals surface area contributed by atoms with Crippen LogP contribution >= 0.6 is 0 Å². The van der Waals surface area contributed by atoms with Crippen molar-refractivity contribution < 1.29 is 4.39 Å². The summed E-state index contributed by atoms with van der Waals surface area (Å²) in [5.74, 6) is 0.228. The third kappa shape index (κ3) is 1.97. The third-order valence-corrected chi connectivity index (χ3v) is 3.92. The monoisotopic (exact) mass is 261 g/mol. The molecule has 1 saturated carbocycles. The highest BCUT2D eigenvalue weighted by Crippen LogP contribution is 2.37. The summed E-state index contributed by atoms with van der Waals surface area (Å²) in [7, 11) is 0. The van der Waals surface area contributed by atoms with Gasteiger partial charge in [0.05, 0.1) is 11.2 Å². The summed E-state index contributed by atoms with van der Waals surface area (Å²) >= 11 is 0. The van der Waals surface area contributed by atoms with Crippen LogP contribution in [0.4, 0.5) is 10.1 Å². The maximum Gasteiger partial charge on any atom is 0.182 e. The number of halogens is 1. The molecule has 0 amide bonds. The second-order valence-corrected chi connectivity index (χ2v) is 5.35. The first-order valence-corrected chi connectivity index (χ1v) is 6.44. The van der Waals surface area contributed by atoms with E-state index in [0.29, 0.717) is 5.82 Å². The Hall–Kier alpha value is -1.98. The first-order valence-electron chi connectivity index (χ1n) is 6.44. The molecule has 2 aromatic rings. The second kappa shape index (κ2) is 4.29. The normalized spacial score (nSPS) is 17.8. The topological polar surface area (TPSA) is 69.6 Å². The van der Waals surface area contributed by atoms with E-state index in [1.807, 2.05) is 4.68 Å². The average molecular weight is 261 g/mol. The summed E-state index contributed by atoms with van der Waals surface area (Å²) in [5.41, 5.74) is 6.42. The Bertz CT molecular complexity index is 601. The van der Waals surface area contributed by atoms with Crippen molar-refractivity contribution in [3.05, 3.63) is 24.0 Å². The number of hydrogen-bond acceptors (Lipinski definition) is 4. The molecule has 0 unspecified atom stereocenters. The van der Waals surface area contributed by atoms with Crippen molar-refractivity contribution in [3.63, 3.8) is 0 Å². The quantitative estimate of drug-likeness (QED) is 0.842. The van der Waals surface area contributed by atoms with Gasteiger partial charge in [-0.05, 0) is 48.4 Å². The van der Waals surface area contributed by atoms with Crippen LogP contribution in [0.3, 0.4) is 0 Å². The molecule has 1 fully saturated rings. The predicted octanol–water partition coefficient (Wildman–Crippen LogP) is 2.35. The van der Waals surface area contributed by atoms with Crippen LogP contribution in [0.1, 0.15) is 32.6 Å². The molecule has 1 aliphatic rings. The minimum absolute atomic E-state index is 0.0536. The summed E-state index contributed by atoms with van der Waals surface area (Å²) in [6.45, 7) is 2.16. The van der Waals surface area contributed by atoms with Gasteiger partial charge < -0.3 is 5.73 Å². The molecule has 2 N–H and O–H groups in total. The molecule has 6 heteroatoms. The van der Waals surface area contributed by atoms with Gasteiger partial charge in [0.25, 0.3) is 0 Å². The van der Waals surface area contributed by atoms with Gasteiger partial charge in [-0.25, -0.2) is 9.07 Å². The first kappa shape index (κ1) is 12.1. The second-order valence-electron chi connectivity index (χ2n) is 5.35. The number of tetrazole rings is 1. The molecule has 0 saturated heterocycles. The summed E-state index contributed by atoms with van der Waals surface area (Å²) in [6, 6.07) is 4.59. The van der Waals surface area contributed by atoms with E-state index >= 15 is 0 Å². The number of nitrogens with two attached hydrogens (primary N) is 1. The Morgan fingerprint density at radius 3 is 2.74 bits per heavy atom. The molecule has 5 nitrogen and oxygen atoms in total. The Kier molecular flexibility index (Phi) is 2.73. The number of hydrogen-bond donors (Lipinski definition) is 1. The van der Waals surface area contributed by atoms with Gasteiger partial charge in [-0.3, -0.25) is 0 Å². The van der Waals surface area contributed by atoms with Crippen molar-refractivity contribution >= 4 is 5.69 Å². The van der Waals surface area contributed by atoms with Gasteiger partial charge in [0, 0.05) is 5.56 Å². The Balaban J connectivity index is 2.06. The van der Waals surface area contributed by atoms with Crippen LogP contribution in [0.5, 0.6) is 0 Å². The molecule has 1 aromatic carbocycles. The molecule has 1 aliphatic carbocycles. The average Bonchev–Trinajstić information content (AvgIpc) is 3.02. The minimum atomic E-state index is -0.421. The van der Waals surface area contributed by atoms with E-state index in [0.717, 1.165) is 18.4 Å². The fourth-order valence-corrected chi connectivity index (χ4v) is 2.76. The maximum absolute atomic E-state index is 13.2. The molecule has 3 rings (SSSR count). The van der Waals surface area contributed by atoms with Crippen molar-refractivity contribution in [2.45, 2.75) is 38.1 Å². The van der Waals surface area contributed by atoms with Crippen LogP contribution in [-0.4, -0.2) is 20.2 Å². The molecule has 100 valence electrons. The number of aromatic nitrogens is 4. The van der Waals surface area contributed by atoms with Gasteiger partial charge in [0.1, 0.15) is 5.82 Å². The van der Waals surface area contributed by atoms with Gasteiger partial charge in [-0.15, -0.1) is 5.10 Å². The maximum atomic E-state index is 13.2. The predicted molar refractivity (Wildman–Crippen MR) is 69.7 cm³/mol. The van der Waals surface area contributed by atoms with E-state index in [4.69, 9.17) is 5.73 Å². The zero-order valence-electron chi connectivity index (χ0n) is 10.8. The van der Waals surface area contributed by atoms with Crippen molar-refractivity contribution in [1.82, 2.24) is 20.2 Å². The number of benzene rings is 1. The lowest BCUT2D eigenvalue weighted by molar-refractivity contribution is 0.292.